The van der Waals surface area contributed by atoms with E-state index in [4.69, 9.17) is 9.66 Å². The minimum absolute atomic E-state index is 0.0666. The van der Waals surface area contributed by atoms with Crippen molar-refractivity contribution in [1.29, 1.82) is 0 Å². The minimum atomic E-state index is -4.02. The molecule has 5 heteroatoms. The van der Waals surface area contributed by atoms with Crippen molar-refractivity contribution in [2.75, 3.05) is 6.61 Å². The lowest BCUT2D eigenvalue weighted by Gasteiger charge is -2.27. The summed E-state index contributed by atoms with van der Waals surface area (Å²) in [5.41, 5.74) is 2.43. The zero-order valence-electron chi connectivity index (χ0n) is 14.5. The van der Waals surface area contributed by atoms with Crippen molar-refractivity contribution in [3.8, 4) is 0 Å². The van der Waals surface area contributed by atoms with Gasteiger partial charge in [0.25, 0.3) is 10.1 Å². The lowest BCUT2D eigenvalue weighted by atomic mass is 9.79. The number of benzene rings is 2. The van der Waals surface area contributed by atoms with Gasteiger partial charge in [0.05, 0.1) is 4.90 Å². The maximum absolute atomic E-state index is 10.5. The topological polar surface area (TPSA) is 74.6 Å². The standard InChI is InChI=1S/C13H18O.C7H8O3S/c14-10-11-6-8-13(9-7-11)12-4-2-1-3-5-12;1-6-2-4-7(5-3-6)11(8,9)10/h1-5,11,13-14H,6-10H2;2-5H,1H3,(H,8,9,10). The van der Waals surface area contributed by atoms with E-state index in [-0.39, 0.29) is 4.90 Å². The summed E-state index contributed by atoms with van der Waals surface area (Å²) in [6.07, 6.45) is 4.87. The van der Waals surface area contributed by atoms with Crippen LogP contribution in [0.25, 0.3) is 0 Å². The average molecular weight is 362 g/mol. The summed E-state index contributed by atoms with van der Waals surface area (Å²) in [6, 6.07) is 16.7. The van der Waals surface area contributed by atoms with Gasteiger partial charge in [-0.3, -0.25) is 4.55 Å². The number of hydrogen-bond acceptors (Lipinski definition) is 3. The molecule has 2 aromatic carbocycles. The predicted octanol–water partition coefficient (Wildman–Crippen LogP) is 4.19. The molecule has 1 aliphatic rings. The van der Waals surface area contributed by atoms with Gasteiger partial charge in [0.2, 0.25) is 0 Å². The zero-order valence-corrected chi connectivity index (χ0v) is 15.3. The Bertz CT molecular complexity index is 731. The molecule has 0 saturated heterocycles. The van der Waals surface area contributed by atoms with Crippen molar-refractivity contribution in [3.63, 3.8) is 0 Å². The average Bonchev–Trinajstić information content (AvgIpc) is 2.63. The Morgan fingerprint density at radius 3 is 1.96 bits per heavy atom. The molecule has 0 aromatic heterocycles. The maximum Gasteiger partial charge on any atom is 0.294 e. The monoisotopic (exact) mass is 362 g/mol. The number of aryl methyl sites for hydroxylation is 1. The third-order valence-corrected chi connectivity index (χ3v) is 5.56. The number of aliphatic hydroxyl groups is 1. The van der Waals surface area contributed by atoms with Gasteiger partial charge in [-0.05, 0) is 62.1 Å². The highest BCUT2D eigenvalue weighted by atomic mass is 32.2. The molecule has 2 N–H and O–H groups in total. The van der Waals surface area contributed by atoms with Crippen LogP contribution in [0.3, 0.4) is 0 Å². The Morgan fingerprint density at radius 1 is 0.920 bits per heavy atom. The molecule has 0 unspecified atom stereocenters. The fourth-order valence-corrected chi connectivity index (χ4v) is 3.59. The minimum Gasteiger partial charge on any atom is -0.396 e. The molecular weight excluding hydrogens is 336 g/mol. The molecule has 0 heterocycles. The van der Waals surface area contributed by atoms with Crippen LogP contribution in [0.4, 0.5) is 0 Å². The highest BCUT2D eigenvalue weighted by molar-refractivity contribution is 7.85. The van der Waals surface area contributed by atoms with Crippen molar-refractivity contribution in [1.82, 2.24) is 0 Å². The fraction of sp³-hybridized carbons (Fsp3) is 0.400. The van der Waals surface area contributed by atoms with Gasteiger partial charge in [-0.15, -0.1) is 0 Å². The highest BCUT2D eigenvalue weighted by Crippen LogP contribution is 2.35. The van der Waals surface area contributed by atoms with Crippen LogP contribution in [0.2, 0.25) is 0 Å². The molecule has 2 aromatic rings. The second-order valence-electron chi connectivity index (χ2n) is 6.60. The van der Waals surface area contributed by atoms with Gasteiger partial charge in [-0.2, -0.15) is 8.42 Å². The summed E-state index contributed by atoms with van der Waals surface area (Å²) < 4.78 is 29.6. The van der Waals surface area contributed by atoms with E-state index < -0.39 is 10.1 Å². The molecule has 1 saturated carbocycles. The Kier molecular flexibility index (Phi) is 7.17. The molecule has 4 nitrogen and oxygen atoms in total. The van der Waals surface area contributed by atoms with Crippen molar-refractivity contribution in [2.45, 2.75) is 43.4 Å². The number of rotatable bonds is 3. The van der Waals surface area contributed by atoms with Crippen LogP contribution < -0.4 is 0 Å². The smallest absolute Gasteiger partial charge is 0.294 e. The molecule has 0 amide bonds. The second-order valence-corrected chi connectivity index (χ2v) is 8.02. The highest BCUT2D eigenvalue weighted by Gasteiger charge is 2.21. The quantitative estimate of drug-likeness (QED) is 0.803. The SMILES string of the molecule is Cc1ccc(S(=O)(=O)O)cc1.OCC1CCC(c2ccccc2)CC1. The summed E-state index contributed by atoms with van der Waals surface area (Å²) in [5.74, 6) is 1.30. The van der Waals surface area contributed by atoms with Crippen LogP contribution >= 0.6 is 0 Å². The van der Waals surface area contributed by atoms with Gasteiger partial charge >= 0.3 is 0 Å². The van der Waals surface area contributed by atoms with Crippen LogP contribution in [0.15, 0.2) is 59.5 Å². The Morgan fingerprint density at radius 2 is 1.48 bits per heavy atom. The third kappa shape index (κ3) is 6.27. The molecule has 3 rings (SSSR count). The maximum atomic E-state index is 10.5. The summed E-state index contributed by atoms with van der Waals surface area (Å²) in [6.45, 7) is 2.22. The van der Waals surface area contributed by atoms with Crippen LogP contribution in [-0.4, -0.2) is 24.7 Å². The van der Waals surface area contributed by atoms with Crippen LogP contribution in [0.5, 0.6) is 0 Å². The Hall–Kier alpha value is -1.69. The van der Waals surface area contributed by atoms with Gasteiger partial charge < -0.3 is 5.11 Å². The van der Waals surface area contributed by atoms with E-state index in [0.29, 0.717) is 12.5 Å². The van der Waals surface area contributed by atoms with E-state index >= 15 is 0 Å². The second kappa shape index (κ2) is 9.13. The van der Waals surface area contributed by atoms with Gasteiger partial charge in [-0.25, -0.2) is 0 Å². The predicted molar refractivity (Wildman–Crippen MR) is 99.2 cm³/mol. The molecule has 136 valence electrons. The fourth-order valence-electron chi connectivity index (χ4n) is 3.11. The molecule has 0 atom stereocenters. The molecule has 0 bridgehead atoms. The first kappa shape index (κ1) is 19.6. The van der Waals surface area contributed by atoms with E-state index in [1.807, 2.05) is 6.92 Å². The van der Waals surface area contributed by atoms with E-state index in [9.17, 15) is 8.42 Å². The molecule has 25 heavy (non-hydrogen) atoms. The van der Waals surface area contributed by atoms with Gasteiger partial charge in [0.15, 0.2) is 0 Å². The molecule has 1 aliphatic carbocycles. The molecular formula is C20H26O4S. The Labute approximate surface area is 150 Å². The van der Waals surface area contributed by atoms with E-state index in [1.54, 1.807) is 12.1 Å². The lowest BCUT2D eigenvalue weighted by Crippen LogP contribution is -2.15. The largest absolute Gasteiger partial charge is 0.396 e. The van der Waals surface area contributed by atoms with Gasteiger partial charge in [0.1, 0.15) is 0 Å². The first-order valence-corrected chi connectivity index (χ1v) is 10.0. The molecule has 0 radical (unpaired) electrons. The molecule has 0 spiro atoms. The molecule has 1 fully saturated rings. The van der Waals surface area contributed by atoms with Crippen molar-refractivity contribution < 1.29 is 18.1 Å². The summed E-state index contributed by atoms with van der Waals surface area (Å²) in [5, 5.41) is 9.05. The summed E-state index contributed by atoms with van der Waals surface area (Å²) in [4.78, 5) is -0.0666. The van der Waals surface area contributed by atoms with E-state index in [0.717, 1.165) is 11.5 Å². The van der Waals surface area contributed by atoms with Crippen molar-refractivity contribution in [3.05, 3.63) is 65.7 Å². The normalized spacial score (nSPS) is 20.4. The van der Waals surface area contributed by atoms with Crippen LogP contribution in [0.1, 0.15) is 42.7 Å². The first-order valence-electron chi connectivity index (χ1n) is 8.60. The van der Waals surface area contributed by atoms with Gasteiger partial charge in [-0.1, -0.05) is 48.0 Å². The Balaban J connectivity index is 0.000000186. The number of hydrogen-bond donors (Lipinski definition) is 2. The first-order chi connectivity index (χ1) is 11.9. The van der Waals surface area contributed by atoms with E-state index in [2.05, 4.69) is 30.3 Å². The van der Waals surface area contributed by atoms with Crippen LogP contribution in [0, 0.1) is 12.8 Å². The lowest BCUT2D eigenvalue weighted by molar-refractivity contribution is 0.182. The van der Waals surface area contributed by atoms with Crippen LogP contribution in [-0.2, 0) is 10.1 Å². The van der Waals surface area contributed by atoms with Crippen molar-refractivity contribution in [2.24, 2.45) is 5.92 Å². The summed E-state index contributed by atoms with van der Waals surface area (Å²) >= 11 is 0. The van der Waals surface area contributed by atoms with E-state index in [1.165, 1.54) is 43.4 Å². The summed E-state index contributed by atoms with van der Waals surface area (Å²) in [7, 11) is -4.02. The number of aliphatic hydroxyl groups excluding tert-OH is 1. The zero-order chi connectivity index (χ0) is 18.3. The third-order valence-electron chi connectivity index (χ3n) is 4.69. The molecule has 0 aliphatic heterocycles. The van der Waals surface area contributed by atoms with Gasteiger partial charge in [0, 0.05) is 6.61 Å². The van der Waals surface area contributed by atoms with Crippen molar-refractivity contribution >= 4 is 10.1 Å².